The monoisotopic (exact) mass is 532 g/mol. The van der Waals surface area contributed by atoms with Crippen LogP contribution in [0.25, 0.3) is 0 Å². The van der Waals surface area contributed by atoms with Crippen LogP contribution in [0.4, 0.5) is 5.82 Å². The number of halogens is 1. The van der Waals surface area contributed by atoms with E-state index in [9.17, 15) is 0 Å². The lowest BCUT2D eigenvalue weighted by atomic mass is 10.2. The minimum Gasteiger partial charge on any atom is -0.379 e. The van der Waals surface area contributed by atoms with Crippen molar-refractivity contribution in [2.24, 2.45) is 4.99 Å². The second-order valence-electron chi connectivity index (χ2n) is 7.65. The van der Waals surface area contributed by atoms with Crippen molar-refractivity contribution in [3.05, 3.63) is 23.9 Å². The molecule has 1 atom stereocenters. The number of anilines is 1. The molecule has 1 aromatic rings. The Morgan fingerprint density at radius 1 is 1.27 bits per heavy atom. The SMILES string of the molecule is CCNC(=NCc1ccc(N2CCN(C)CC2)nc1)NCCCOC1CCOC1.I. The molecule has 0 spiro atoms. The Morgan fingerprint density at radius 3 is 2.77 bits per heavy atom. The first-order valence-electron chi connectivity index (χ1n) is 10.8. The van der Waals surface area contributed by atoms with Crippen molar-refractivity contribution in [1.82, 2.24) is 20.5 Å². The van der Waals surface area contributed by atoms with Crippen molar-refractivity contribution < 1.29 is 9.47 Å². The fraction of sp³-hybridized carbons (Fsp3) is 0.714. The van der Waals surface area contributed by atoms with Gasteiger partial charge in [0, 0.05) is 58.7 Å². The van der Waals surface area contributed by atoms with Crippen molar-refractivity contribution in [3.63, 3.8) is 0 Å². The molecule has 1 unspecified atom stereocenters. The van der Waals surface area contributed by atoms with Crippen LogP contribution in [0.1, 0.15) is 25.3 Å². The van der Waals surface area contributed by atoms with Gasteiger partial charge in [-0.3, -0.25) is 0 Å². The molecule has 3 heterocycles. The van der Waals surface area contributed by atoms with Crippen LogP contribution in [0.5, 0.6) is 0 Å². The molecular formula is C21H37IN6O2. The van der Waals surface area contributed by atoms with Gasteiger partial charge in [0.1, 0.15) is 5.82 Å². The van der Waals surface area contributed by atoms with Crippen molar-refractivity contribution in [2.45, 2.75) is 32.4 Å². The molecule has 0 saturated carbocycles. The molecule has 2 fully saturated rings. The third-order valence-electron chi connectivity index (χ3n) is 5.26. The molecular weight excluding hydrogens is 495 g/mol. The zero-order valence-corrected chi connectivity index (χ0v) is 20.6. The summed E-state index contributed by atoms with van der Waals surface area (Å²) in [5.41, 5.74) is 1.12. The van der Waals surface area contributed by atoms with Gasteiger partial charge in [-0.15, -0.1) is 24.0 Å². The Kier molecular flexibility index (Phi) is 11.7. The van der Waals surface area contributed by atoms with E-state index in [1.807, 2.05) is 6.20 Å². The molecule has 8 nitrogen and oxygen atoms in total. The fourth-order valence-corrected chi connectivity index (χ4v) is 3.42. The first-order valence-corrected chi connectivity index (χ1v) is 10.8. The van der Waals surface area contributed by atoms with E-state index in [1.165, 1.54) is 0 Å². The minimum atomic E-state index is 0. The van der Waals surface area contributed by atoms with Crippen LogP contribution in [0.15, 0.2) is 23.3 Å². The highest BCUT2D eigenvalue weighted by Crippen LogP contribution is 2.14. The summed E-state index contributed by atoms with van der Waals surface area (Å²) in [6, 6.07) is 4.24. The summed E-state index contributed by atoms with van der Waals surface area (Å²) < 4.78 is 11.1. The van der Waals surface area contributed by atoms with Gasteiger partial charge >= 0.3 is 0 Å². The summed E-state index contributed by atoms with van der Waals surface area (Å²) >= 11 is 0. The summed E-state index contributed by atoms with van der Waals surface area (Å²) in [5.74, 6) is 1.89. The Morgan fingerprint density at radius 2 is 2.10 bits per heavy atom. The predicted octanol–water partition coefficient (Wildman–Crippen LogP) is 1.70. The Bertz CT molecular complexity index is 616. The number of piperazine rings is 1. The molecule has 30 heavy (non-hydrogen) atoms. The second kappa shape index (κ2) is 14.0. The van der Waals surface area contributed by atoms with Gasteiger partial charge in [0.05, 0.1) is 19.3 Å². The number of aliphatic imine (C=N–C) groups is 1. The average Bonchev–Trinajstić information content (AvgIpc) is 3.26. The van der Waals surface area contributed by atoms with Crippen LogP contribution in [0.2, 0.25) is 0 Å². The lowest BCUT2D eigenvalue weighted by Gasteiger charge is -2.33. The van der Waals surface area contributed by atoms with E-state index in [0.29, 0.717) is 6.54 Å². The predicted molar refractivity (Wildman–Crippen MR) is 132 cm³/mol. The Balaban J connectivity index is 0.00000320. The van der Waals surface area contributed by atoms with Crippen LogP contribution >= 0.6 is 24.0 Å². The molecule has 170 valence electrons. The molecule has 0 radical (unpaired) electrons. The number of nitrogens with one attached hydrogen (secondary N) is 2. The molecule has 0 aromatic carbocycles. The maximum Gasteiger partial charge on any atom is 0.191 e. The lowest BCUT2D eigenvalue weighted by Crippen LogP contribution is -2.44. The molecule has 2 aliphatic rings. The highest BCUT2D eigenvalue weighted by molar-refractivity contribution is 14.0. The summed E-state index contributed by atoms with van der Waals surface area (Å²) in [7, 11) is 2.17. The van der Waals surface area contributed by atoms with E-state index in [4.69, 9.17) is 9.47 Å². The van der Waals surface area contributed by atoms with E-state index >= 15 is 0 Å². The van der Waals surface area contributed by atoms with E-state index in [2.05, 4.69) is 56.5 Å². The molecule has 3 rings (SSSR count). The van der Waals surface area contributed by atoms with Gasteiger partial charge in [-0.25, -0.2) is 9.98 Å². The third-order valence-corrected chi connectivity index (χ3v) is 5.26. The molecule has 2 N–H and O–H groups in total. The number of rotatable bonds is 9. The number of hydrogen-bond donors (Lipinski definition) is 2. The maximum atomic E-state index is 5.80. The van der Waals surface area contributed by atoms with Crippen LogP contribution in [0, 0.1) is 0 Å². The number of pyridine rings is 1. The summed E-state index contributed by atoms with van der Waals surface area (Å²) in [5, 5.41) is 6.67. The van der Waals surface area contributed by atoms with Gasteiger partial charge in [-0.05, 0) is 38.4 Å². The fourth-order valence-electron chi connectivity index (χ4n) is 3.42. The summed E-state index contributed by atoms with van der Waals surface area (Å²) in [6.45, 7) is 10.9. The Hall–Kier alpha value is -1.17. The topological polar surface area (TPSA) is 74.3 Å². The number of aromatic nitrogens is 1. The van der Waals surface area contributed by atoms with Gasteiger partial charge in [-0.2, -0.15) is 0 Å². The van der Waals surface area contributed by atoms with Crippen molar-refractivity contribution in [3.8, 4) is 0 Å². The van der Waals surface area contributed by atoms with Crippen molar-refractivity contribution in [1.29, 1.82) is 0 Å². The second-order valence-corrected chi connectivity index (χ2v) is 7.65. The van der Waals surface area contributed by atoms with Gasteiger partial charge in [0.2, 0.25) is 0 Å². The van der Waals surface area contributed by atoms with Crippen LogP contribution in [-0.4, -0.2) is 88.1 Å². The summed E-state index contributed by atoms with van der Waals surface area (Å²) in [6.07, 6.45) is 4.18. The van der Waals surface area contributed by atoms with Gasteiger partial charge in [0.15, 0.2) is 5.96 Å². The van der Waals surface area contributed by atoms with Crippen LogP contribution in [-0.2, 0) is 16.0 Å². The van der Waals surface area contributed by atoms with Crippen molar-refractivity contribution >= 4 is 35.8 Å². The van der Waals surface area contributed by atoms with Crippen LogP contribution in [0.3, 0.4) is 0 Å². The number of likely N-dealkylation sites (N-methyl/N-ethyl adjacent to an activating group) is 1. The van der Waals surface area contributed by atoms with Gasteiger partial charge < -0.3 is 29.9 Å². The number of guanidine groups is 1. The van der Waals surface area contributed by atoms with E-state index in [-0.39, 0.29) is 30.1 Å². The maximum absolute atomic E-state index is 5.80. The zero-order chi connectivity index (χ0) is 20.3. The van der Waals surface area contributed by atoms with Crippen LogP contribution < -0.4 is 15.5 Å². The molecule has 9 heteroatoms. The first-order chi connectivity index (χ1) is 14.2. The van der Waals surface area contributed by atoms with Gasteiger partial charge in [-0.1, -0.05) is 6.07 Å². The van der Waals surface area contributed by atoms with E-state index in [1.54, 1.807) is 0 Å². The highest BCUT2D eigenvalue weighted by Gasteiger charge is 2.16. The van der Waals surface area contributed by atoms with Crippen molar-refractivity contribution in [2.75, 3.05) is 71.0 Å². The number of hydrogen-bond acceptors (Lipinski definition) is 6. The zero-order valence-electron chi connectivity index (χ0n) is 18.3. The number of ether oxygens (including phenoxy) is 2. The van der Waals surface area contributed by atoms with Gasteiger partial charge in [0.25, 0.3) is 0 Å². The lowest BCUT2D eigenvalue weighted by molar-refractivity contribution is 0.0420. The molecule has 0 aliphatic carbocycles. The van der Waals surface area contributed by atoms with E-state index < -0.39 is 0 Å². The number of nitrogens with zero attached hydrogens (tertiary/aromatic N) is 4. The Labute approximate surface area is 197 Å². The quantitative estimate of drug-likeness (QED) is 0.217. The third kappa shape index (κ3) is 8.52. The first kappa shape index (κ1) is 25.1. The average molecular weight is 532 g/mol. The smallest absolute Gasteiger partial charge is 0.191 e. The van der Waals surface area contributed by atoms with E-state index in [0.717, 1.165) is 89.3 Å². The molecule has 0 amide bonds. The molecule has 2 aliphatic heterocycles. The highest BCUT2D eigenvalue weighted by atomic mass is 127. The normalized spacial score (nSPS) is 20.1. The minimum absolute atomic E-state index is 0. The molecule has 0 bridgehead atoms. The molecule has 2 saturated heterocycles. The largest absolute Gasteiger partial charge is 0.379 e. The standard InChI is InChI=1S/C21H36N6O2.HI/c1-3-22-21(23-8-4-13-29-19-7-14-28-17-19)25-16-18-5-6-20(24-15-18)27-11-9-26(2)10-12-27;/h5-6,15,19H,3-4,7-14,16-17H2,1-2H3,(H2,22,23,25);1H. The molecule has 1 aromatic heterocycles. The summed E-state index contributed by atoms with van der Waals surface area (Å²) in [4.78, 5) is 14.0.